The molecule has 0 aliphatic carbocycles. The molecule has 214 valence electrons. The third kappa shape index (κ3) is 6.74. The summed E-state index contributed by atoms with van der Waals surface area (Å²) in [6, 6.07) is 11.2. The molecule has 0 saturated carbocycles. The van der Waals surface area contributed by atoms with Crippen LogP contribution in [0.5, 0.6) is 5.75 Å². The maximum Gasteiger partial charge on any atom is 0.252 e. The van der Waals surface area contributed by atoms with Crippen molar-refractivity contribution < 1.29 is 19.1 Å². The van der Waals surface area contributed by atoms with Gasteiger partial charge in [-0.3, -0.25) is 14.4 Å². The minimum absolute atomic E-state index is 0.137. The highest BCUT2D eigenvalue weighted by Gasteiger charge is 2.29. The zero-order valence-electron chi connectivity index (χ0n) is 23.4. The van der Waals surface area contributed by atoms with Crippen LogP contribution in [0, 0.1) is 12.8 Å². The largest absolute Gasteiger partial charge is 0.491 e. The first-order valence-corrected chi connectivity index (χ1v) is 13.8. The van der Waals surface area contributed by atoms with E-state index >= 15 is 0 Å². The Morgan fingerprint density at radius 2 is 1.88 bits per heavy atom. The predicted molar refractivity (Wildman–Crippen MR) is 153 cm³/mol. The van der Waals surface area contributed by atoms with Gasteiger partial charge in [0.05, 0.1) is 19.3 Å². The van der Waals surface area contributed by atoms with Crippen LogP contribution in [0.2, 0.25) is 0 Å². The average molecular weight is 558 g/mol. The number of aryl methyl sites for hydroxylation is 1. The summed E-state index contributed by atoms with van der Waals surface area (Å²) >= 11 is 0. The number of para-hydroxylation sites is 1. The molecule has 3 amide bonds. The molecule has 2 aromatic heterocycles. The number of carbonyl (C=O) groups excluding carboxylic acids is 3. The first-order chi connectivity index (χ1) is 19.8. The number of nitrogens with one attached hydrogen (secondary N) is 4. The maximum absolute atomic E-state index is 13.8. The SMILES string of the molecule is Cc1ccc2cc1OCCn1cc(nn1)CNC(=O)[C@@H](CC(C)C)NC(=O)[C@@H](Cc1c[nH]c3ccccc13)NC2=O. The van der Waals surface area contributed by atoms with Gasteiger partial charge in [-0.15, -0.1) is 5.10 Å². The third-order valence-corrected chi connectivity index (χ3v) is 7.12. The molecule has 41 heavy (non-hydrogen) atoms. The minimum atomic E-state index is -0.936. The molecule has 0 unspecified atom stereocenters. The van der Waals surface area contributed by atoms with E-state index in [9.17, 15) is 14.4 Å². The second kappa shape index (κ2) is 12.2. The molecule has 4 aromatic rings. The van der Waals surface area contributed by atoms with Gasteiger partial charge < -0.3 is 25.7 Å². The average Bonchev–Trinajstić information content (AvgIpc) is 3.58. The molecule has 0 radical (unpaired) electrons. The van der Waals surface area contributed by atoms with E-state index in [1.807, 2.05) is 57.3 Å². The van der Waals surface area contributed by atoms with Crippen molar-refractivity contribution in [1.82, 2.24) is 35.9 Å². The fourth-order valence-corrected chi connectivity index (χ4v) is 4.92. The highest BCUT2D eigenvalue weighted by atomic mass is 16.5. The summed E-state index contributed by atoms with van der Waals surface area (Å²) in [7, 11) is 0. The van der Waals surface area contributed by atoms with Crippen molar-refractivity contribution in [3.8, 4) is 5.75 Å². The molecule has 4 N–H and O–H groups in total. The Bertz CT molecular complexity index is 1560. The summed E-state index contributed by atoms with van der Waals surface area (Å²) in [6.07, 6.45) is 4.25. The summed E-state index contributed by atoms with van der Waals surface area (Å²) in [4.78, 5) is 43.7. The van der Waals surface area contributed by atoms with Gasteiger partial charge in [0.25, 0.3) is 5.91 Å². The first kappa shape index (κ1) is 27.9. The molecule has 1 aliphatic heterocycles. The number of carbonyl (C=O) groups is 3. The Morgan fingerprint density at radius 1 is 1.05 bits per heavy atom. The molecule has 0 saturated heterocycles. The number of rotatable bonds is 4. The molecule has 11 nitrogen and oxygen atoms in total. The van der Waals surface area contributed by atoms with Crippen LogP contribution in [0.1, 0.15) is 47.4 Å². The summed E-state index contributed by atoms with van der Waals surface area (Å²) < 4.78 is 7.60. The predicted octanol–water partition coefficient (Wildman–Crippen LogP) is 2.65. The lowest BCUT2D eigenvalue weighted by Gasteiger charge is -2.24. The van der Waals surface area contributed by atoms with Crippen LogP contribution in [0.3, 0.4) is 0 Å². The standard InChI is InChI=1S/C30H35N7O4/c1-18(2)12-25-29(39)32-16-22-17-37(36-35-22)10-11-41-27-14-20(9-8-19(27)3)28(38)33-26(30(40)34-25)13-21-15-31-24-7-5-4-6-23(21)24/h4-9,14-15,17-18,25-26,31H,10-13,16H2,1-3H3,(H,32,39)(H,33,38)(H,34,40)/t25-,26-/m1/s1. The smallest absolute Gasteiger partial charge is 0.252 e. The number of hydrogen-bond acceptors (Lipinski definition) is 6. The van der Waals surface area contributed by atoms with Gasteiger partial charge in [0.1, 0.15) is 30.1 Å². The lowest BCUT2D eigenvalue weighted by Crippen LogP contribution is -2.54. The van der Waals surface area contributed by atoms with E-state index in [-0.39, 0.29) is 24.8 Å². The Kier molecular flexibility index (Phi) is 8.32. The van der Waals surface area contributed by atoms with E-state index in [2.05, 4.69) is 31.2 Å². The van der Waals surface area contributed by atoms with E-state index in [0.29, 0.717) is 36.6 Å². The number of fused-ring (bicyclic) bond motifs is 5. The monoisotopic (exact) mass is 557 g/mol. The van der Waals surface area contributed by atoms with Crippen molar-refractivity contribution in [2.75, 3.05) is 6.61 Å². The Labute approximate surface area is 238 Å². The Morgan fingerprint density at radius 3 is 2.71 bits per heavy atom. The van der Waals surface area contributed by atoms with Crippen LogP contribution < -0.4 is 20.7 Å². The first-order valence-electron chi connectivity index (χ1n) is 13.8. The van der Waals surface area contributed by atoms with Crippen LogP contribution in [0.4, 0.5) is 0 Å². The number of nitrogens with zero attached hydrogens (tertiary/aromatic N) is 3. The van der Waals surface area contributed by atoms with Crippen LogP contribution in [-0.2, 0) is 29.1 Å². The van der Waals surface area contributed by atoms with E-state index in [1.165, 1.54) is 0 Å². The molecule has 5 rings (SSSR count). The number of benzene rings is 2. The third-order valence-electron chi connectivity index (χ3n) is 7.12. The van der Waals surface area contributed by atoms with E-state index in [4.69, 9.17) is 4.74 Å². The van der Waals surface area contributed by atoms with Gasteiger partial charge in [0, 0.05) is 29.1 Å². The topological polar surface area (TPSA) is 143 Å². The van der Waals surface area contributed by atoms with Crippen LogP contribution in [-0.4, -0.2) is 56.4 Å². The molecule has 0 fully saturated rings. The highest BCUT2D eigenvalue weighted by molar-refractivity contribution is 5.99. The van der Waals surface area contributed by atoms with Gasteiger partial charge in [-0.2, -0.15) is 0 Å². The van der Waals surface area contributed by atoms with Gasteiger partial charge in [0.15, 0.2) is 0 Å². The molecule has 1 aliphatic rings. The summed E-state index contributed by atoms with van der Waals surface area (Å²) in [5, 5.41) is 17.9. The fraction of sp³-hybridized carbons (Fsp3) is 0.367. The molecule has 2 atom stereocenters. The summed E-state index contributed by atoms with van der Waals surface area (Å²) in [6.45, 7) is 6.79. The Balaban J connectivity index is 1.48. The van der Waals surface area contributed by atoms with Gasteiger partial charge in [-0.25, -0.2) is 4.68 Å². The number of hydrogen-bond donors (Lipinski definition) is 4. The van der Waals surface area contributed by atoms with Gasteiger partial charge in [0.2, 0.25) is 11.8 Å². The number of H-pyrrole nitrogens is 1. The number of aromatic amines is 1. The fourth-order valence-electron chi connectivity index (χ4n) is 4.92. The number of amides is 3. The van der Waals surface area contributed by atoms with Gasteiger partial charge in [-0.05, 0) is 48.6 Å². The van der Waals surface area contributed by atoms with Gasteiger partial charge >= 0.3 is 0 Å². The molecule has 0 spiro atoms. The number of ether oxygens (including phenoxy) is 1. The zero-order chi connectivity index (χ0) is 28.9. The second-order valence-corrected chi connectivity index (χ2v) is 10.8. The maximum atomic E-state index is 13.8. The zero-order valence-corrected chi connectivity index (χ0v) is 23.4. The molecule has 4 bridgehead atoms. The quantitative estimate of drug-likeness (QED) is 0.304. The van der Waals surface area contributed by atoms with Crippen LogP contribution >= 0.6 is 0 Å². The van der Waals surface area contributed by atoms with E-state index in [0.717, 1.165) is 22.0 Å². The van der Waals surface area contributed by atoms with E-state index < -0.39 is 23.9 Å². The summed E-state index contributed by atoms with van der Waals surface area (Å²) in [5.41, 5.74) is 3.65. The van der Waals surface area contributed by atoms with Crippen molar-refractivity contribution in [2.24, 2.45) is 5.92 Å². The number of aromatic nitrogens is 4. The molecule has 11 heteroatoms. The van der Waals surface area contributed by atoms with Gasteiger partial charge in [-0.1, -0.05) is 43.3 Å². The lowest BCUT2D eigenvalue weighted by molar-refractivity contribution is -0.130. The molecular formula is C30H35N7O4. The van der Waals surface area contributed by atoms with Crippen molar-refractivity contribution in [3.05, 3.63) is 77.2 Å². The van der Waals surface area contributed by atoms with Crippen LogP contribution in [0.25, 0.3) is 10.9 Å². The Hall–Kier alpha value is -4.67. The molecule has 3 heterocycles. The van der Waals surface area contributed by atoms with Crippen molar-refractivity contribution in [1.29, 1.82) is 0 Å². The van der Waals surface area contributed by atoms with Crippen molar-refractivity contribution in [2.45, 2.75) is 58.8 Å². The highest BCUT2D eigenvalue weighted by Crippen LogP contribution is 2.22. The van der Waals surface area contributed by atoms with Crippen molar-refractivity contribution in [3.63, 3.8) is 0 Å². The molecule has 2 aromatic carbocycles. The minimum Gasteiger partial charge on any atom is -0.491 e. The van der Waals surface area contributed by atoms with Crippen molar-refractivity contribution >= 4 is 28.6 Å². The normalized spacial score (nSPS) is 18.7. The van der Waals surface area contributed by atoms with E-state index in [1.54, 1.807) is 23.0 Å². The molecular weight excluding hydrogens is 522 g/mol. The van der Waals surface area contributed by atoms with Crippen LogP contribution in [0.15, 0.2) is 54.9 Å². The lowest BCUT2D eigenvalue weighted by atomic mass is 10.0. The second-order valence-electron chi connectivity index (χ2n) is 10.8. The summed E-state index contributed by atoms with van der Waals surface area (Å²) in [5.74, 6) is -0.480.